The summed E-state index contributed by atoms with van der Waals surface area (Å²) in [7, 11) is 0. The van der Waals surface area contributed by atoms with Crippen molar-refractivity contribution in [1.82, 2.24) is 0 Å². The van der Waals surface area contributed by atoms with E-state index in [0.29, 0.717) is 11.8 Å². The lowest BCUT2D eigenvalue weighted by Crippen LogP contribution is -2.14. The molecule has 0 aliphatic heterocycles. The Morgan fingerprint density at radius 3 is 2.90 bits per heavy atom. The van der Waals surface area contributed by atoms with Crippen molar-refractivity contribution in [2.24, 2.45) is 17.6 Å². The van der Waals surface area contributed by atoms with Gasteiger partial charge in [0.2, 0.25) is 0 Å². The predicted octanol–water partition coefficient (Wildman–Crippen LogP) is 4.79. The number of halogens is 1. The molecule has 0 bridgehead atoms. The SMILES string of the molecule is Cc1sc(Br)cc1C(N)C1C2CCc3ccccc3C21. The van der Waals surface area contributed by atoms with Crippen LogP contribution in [0.3, 0.4) is 0 Å². The minimum Gasteiger partial charge on any atom is -0.324 e. The predicted molar refractivity (Wildman–Crippen MR) is 88.2 cm³/mol. The Kier molecular flexibility index (Phi) is 3.06. The molecule has 0 spiro atoms. The number of aryl methyl sites for hydroxylation is 2. The molecule has 0 amide bonds. The lowest BCUT2D eigenvalue weighted by atomic mass is 9.92. The summed E-state index contributed by atoms with van der Waals surface area (Å²) in [6.07, 6.45) is 2.54. The maximum absolute atomic E-state index is 6.62. The molecule has 20 heavy (non-hydrogen) atoms. The minimum atomic E-state index is 0.193. The summed E-state index contributed by atoms with van der Waals surface area (Å²) < 4.78 is 1.20. The summed E-state index contributed by atoms with van der Waals surface area (Å²) >= 11 is 5.38. The molecule has 1 nitrogen and oxygen atoms in total. The summed E-state index contributed by atoms with van der Waals surface area (Å²) in [6.45, 7) is 2.19. The Bertz CT molecular complexity index is 663. The van der Waals surface area contributed by atoms with Gasteiger partial charge in [-0.15, -0.1) is 11.3 Å². The Labute approximate surface area is 132 Å². The summed E-state index contributed by atoms with van der Waals surface area (Å²) in [5.41, 5.74) is 11.1. The molecule has 4 rings (SSSR count). The highest BCUT2D eigenvalue weighted by Crippen LogP contribution is 2.64. The van der Waals surface area contributed by atoms with Gasteiger partial charge >= 0.3 is 0 Å². The van der Waals surface area contributed by atoms with Gasteiger partial charge in [0.25, 0.3) is 0 Å². The van der Waals surface area contributed by atoms with Crippen molar-refractivity contribution >= 4 is 27.3 Å². The van der Waals surface area contributed by atoms with Gasteiger partial charge in [0, 0.05) is 10.9 Å². The molecule has 1 aromatic heterocycles. The van der Waals surface area contributed by atoms with Crippen molar-refractivity contribution < 1.29 is 0 Å². The Morgan fingerprint density at radius 1 is 1.35 bits per heavy atom. The smallest absolute Gasteiger partial charge is 0.0704 e. The van der Waals surface area contributed by atoms with Crippen LogP contribution < -0.4 is 5.73 Å². The highest BCUT2D eigenvalue weighted by Gasteiger charge is 2.55. The van der Waals surface area contributed by atoms with E-state index in [2.05, 4.69) is 53.2 Å². The fourth-order valence-corrected chi connectivity index (χ4v) is 5.87. The van der Waals surface area contributed by atoms with Crippen molar-refractivity contribution in [3.63, 3.8) is 0 Å². The average Bonchev–Trinajstić information content (AvgIpc) is 3.09. The molecule has 1 heterocycles. The van der Waals surface area contributed by atoms with Crippen molar-refractivity contribution in [1.29, 1.82) is 0 Å². The number of benzene rings is 1. The van der Waals surface area contributed by atoms with Crippen molar-refractivity contribution in [3.05, 3.63) is 55.7 Å². The molecule has 1 aromatic carbocycles. The van der Waals surface area contributed by atoms with Gasteiger partial charge in [-0.25, -0.2) is 0 Å². The third kappa shape index (κ3) is 1.91. The Morgan fingerprint density at radius 2 is 2.15 bits per heavy atom. The standard InChI is InChI=1S/C17H18BrNS/c1-9-13(8-14(18)20-9)17(19)16-12-7-6-10-4-2-3-5-11(10)15(12)16/h2-5,8,12,15-17H,6-7,19H2,1H3. The number of rotatable bonds is 2. The van der Waals surface area contributed by atoms with E-state index >= 15 is 0 Å². The Balaban J connectivity index is 1.65. The quantitative estimate of drug-likeness (QED) is 0.829. The topological polar surface area (TPSA) is 26.0 Å². The summed E-state index contributed by atoms with van der Waals surface area (Å²) in [5, 5.41) is 0. The van der Waals surface area contributed by atoms with Crippen LogP contribution in [-0.4, -0.2) is 0 Å². The van der Waals surface area contributed by atoms with Gasteiger partial charge in [0.1, 0.15) is 0 Å². The first kappa shape index (κ1) is 13.1. The maximum atomic E-state index is 6.62. The number of thiophene rings is 1. The average molecular weight is 348 g/mol. The van der Waals surface area contributed by atoms with Crippen LogP contribution >= 0.6 is 27.3 Å². The van der Waals surface area contributed by atoms with Crippen LogP contribution in [0.5, 0.6) is 0 Å². The first-order valence-electron chi connectivity index (χ1n) is 7.26. The van der Waals surface area contributed by atoms with Crippen LogP contribution in [-0.2, 0) is 6.42 Å². The van der Waals surface area contributed by atoms with Crippen LogP contribution in [0, 0.1) is 18.8 Å². The third-order valence-corrected chi connectivity index (χ3v) is 6.66. The molecular weight excluding hydrogens is 330 g/mol. The zero-order valence-electron chi connectivity index (χ0n) is 11.5. The molecule has 3 heteroatoms. The summed E-state index contributed by atoms with van der Waals surface area (Å²) in [5.74, 6) is 2.14. The van der Waals surface area contributed by atoms with Crippen LogP contribution in [0.2, 0.25) is 0 Å². The largest absolute Gasteiger partial charge is 0.324 e. The second-order valence-corrected chi connectivity index (χ2v) is 8.73. The number of nitrogens with two attached hydrogens (primary N) is 1. The van der Waals surface area contributed by atoms with Gasteiger partial charge in [0.15, 0.2) is 0 Å². The van der Waals surface area contributed by atoms with E-state index in [0.717, 1.165) is 5.92 Å². The van der Waals surface area contributed by atoms with E-state index < -0.39 is 0 Å². The summed E-state index contributed by atoms with van der Waals surface area (Å²) in [6, 6.07) is 11.4. The molecule has 0 saturated heterocycles. The fourth-order valence-electron chi connectivity index (χ4n) is 4.11. The van der Waals surface area contributed by atoms with Crippen LogP contribution in [0.25, 0.3) is 0 Å². The zero-order chi connectivity index (χ0) is 13.9. The molecule has 2 aliphatic rings. The molecule has 104 valence electrons. The molecule has 1 saturated carbocycles. The molecule has 2 aliphatic carbocycles. The van der Waals surface area contributed by atoms with Gasteiger partial charge in [-0.2, -0.15) is 0 Å². The fraction of sp³-hybridized carbons (Fsp3) is 0.412. The number of hydrogen-bond donors (Lipinski definition) is 1. The van der Waals surface area contributed by atoms with Gasteiger partial charge in [0.05, 0.1) is 3.79 Å². The van der Waals surface area contributed by atoms with E-state index in [1.165, 1.54) is 27.1 Å². The normalized spacial score (nSPS) is 28.6. The molecule has 4 atom stereocenters. The number of hydrogen-bond acceptors (Lipinski definition) is 2. The highest BCUT2D eigenvalue weighted by molar-refractivity contribution is 9.11. The van der Waals surface area contributed by atoms with E-state index in [9.17, 15) is 0 Å². The minimum absolute atomic E-state index is 0.193. The van der Waals surface area contributed by atoms with Gasteiger partial charge in [-0.1, -0.05) is 24.3 Å². The van der Waals surface area contributed by atoms with Gasteiger partial charge in [-0.05, 0) is 76.2 Å². The molecule has 2 aromatic rings. The van der Waals surface area contributed by atoms with E-state index in [1.54, 1.807) is 22.5 Å². The zero-order valence-corrected chi connectivity index (χ0v) is 13.9. The molecular formula is C17H18BrNS. The molecule has 1 fully saturated rings. The maximum Gasteiger partial charge on any atom is 0.0704 e. The van der Waals surface area contributed by atoms with Crippen LogP contribution in [0.4, 0.5) is 0 Å². The van der Waals surface area contributed by atoms with Crippen molar-refractivity contribution in [2.45, 2.75) is 31.7 Å². The molecule has 2 N–H and O–H groups in total. The monoisotopic (exact) mass is 347 g/mol. The van der Waals surface area contributed by atoms with E-state index in [1.807, 2.05) is 0 Å². The highest BCUT2D eigenvalue weighted by atomic mass is 79.9. The van der Waals surface area contributed by atoms with Gasteiger partial charge < -0.3 is 5.73 Å². The van der Waals surface area contributed by atoms with Gasteiger partial charge in [-0.3, -0.25) is 0 Å². The van der Waals surface area contributed by atoms with E-state index in [4.69, 9.17) is 5.73 Å². The van der Waals surface area contributed by atoms with E-state index in [-0.39, 0.29) is 6.04 Å². The summed E-state index contributed by atoms with van der Waals surface area (Å²) in [4.78, 5) is 1.36. The molecule has 0 radical (unpaired) electrons. The van der Waals surface area contributed by atoms with Crippen LogP contribution in [0.1, 0.15) is 39.9 Å². The van der Waals surface area contributed by atoms with Crippen molar-refractivity contribution in [2.75, 3.05) is 0 Å². The van der Waals surface area contributed by atoms with Crippen LogP contribution in [0.15, 0.2) is 34.1 Å². The number of fused-ring (bicyclic) bond motifs is 3. The first-order valence-corrected chi connectivity index (χ1v) is 8.87. The third-order valence-electron chi connectivity index (χ3n) is 5.09. The Hall–Kier alpha value is -0.640. The molecule has 4 unspecified atom stereocenters. The lowest BCUT2D eigenvalue weighted by Gasteiger charge is -2.13. The first-order chi connectivity index (χ1) is 9.66. The lowest BCUT2D eigenvalue weighted by molar-refractivity contribution is 0.555. The van der Waals surface area contributed by atoms with Crippen molar-refractivity contribution in [3.8, 4) is 0 Å². The second-order valence-electron chi connectivity index (χ2n) is 6.09. The second kappa shape index (κ2) is 4.69.